The highest BCUT2D eigenvalue weighted by atomic mass is 16.5. The molecule has 0 aliphatic carbocycles. The third kappa shape index (κ3) is 3.87. The highest BCUT2D eigenvalue weighted by molar-refractivity contribution is 5.27. The second-order valence-corrected chi connectivity index (χ2v) is 6.17. The first-order chi connectivity index (χ1) is 12.5. The van der Waals surface area contributed by atoms with Gasteiger partial charge in [0.1, 0.15) is 24.7 Å². The van der Waals surface area contributed by atoms with Gasteiger partial charge in [0, 0.05) is 18.2 Å². The van der Waals surface area contributed by atoms with E-state index in [0.717, 1.165) is 11.3 Å². The van der Waals surface area contributed by atoms with Gasteiger partial charge in [-0.25, -0.2) is 4.79 Å². The first-order valence-corrected chi connectivity index (χ1v) is 8.31. The third-order valence-corrected chi connectivity index (χ3v) is 4.32. The highest BCUT2D eigenvalue weighted by Gasteiger charge is 2.35. The van der Waals surface area contributed by atoms with Crippen LogP contribution < -0.4 is 15.2 Å². The number of aliphatic hydroxyl groups excluding tert-OH is 2. The molecule has 140 valence electrons. The largest absolute Gasteiger partial charge is 0.497 e. The lowest BCUT2D eigenvalue weighted by Crippen LogP contribution is -2.28. The minimum Gasteiger partial charge on any atom is -0.497 e. The maximum atomic E-state index is 12.3. The molecular weight excluding hydrogens is 340 g/mol. The Labute approximate surface area is 150 Å². The van der Waals surface area contributed by atoms with Crippen molar-refractivity contribution in [1.82, 2.24) is 9.55 Å². The van der Waals surface area contributed by atoms with E-state index in [1.807, 2.05) is 24.3 Å². The summed E-state index contributed by atoms with van der Waals surface area (Å²) < 4.78 is 17.6. The molecule has 8 heteroatoms. The number of aromatic nitrogens is 2. The maximum absolute atomic E-state index is 12.3. The highest BCUT2D eigenvalue weighted by Crippen LogP contribution is 2.28. The van der Waals surface area contributed by atoms with Gasteiger partial charge in [-0.1, -0.05) is 12.1 Å². The first-order valence-electron chi connectivity index (χ1n) is 8.31. The van der Waals surface area contributed by atoms with Crippen molar-refractivity contribution in [2.45, 2.75) is 38.4 Å². The van der Waals surface area contributed by atoms with Crippen LogP contribution in [0.4, 0.5) is 0 Å². The van der Waals surface area contributed by atoms with Crippen LogP contribution in [0.1, 0.15) is 23.8 Å². The van der Waals surface area contributed by atoms with Crippen LogP contribution in [-0.2, 0) is 11.3 Å². The average molecular weight is 362 g/mol. The summed E-state index contributed by atoms with van der Waals surface area (Å²) in [5, 5.41) is 19.0. The summed E-state index contributed by atoms with van der Waals surface area (Å²) in [6.07, 6.45) is -0.355. The fraction of sp³-hybridized carbons (Fsp3) is 0.444. The van der Waals surface area contributed by atoms with Crippen molar-refractivity contribution >= 4 is 0 Å². The summed E-state index contributed by atoms with van der Waals surface area (Å²) in [5.41, 5.74) is 1.06. The molecule has 8 nitrogen and oxygen atoms in total. The molecule has 3 atom stereocenters. The molecule has 0 bridgehead atoms. The van der Waals surface area contributed by atoms with Gasteiger partial charge in [-0.3, -0.25) is 4.57 Å². The van der Waals surface area contributed by atoms with Gasteiger partial charge in [0.05, 0.1) is 19.8 Å². The number of hydrogen-bond acceptors (Lipinski definition) is 7. The number of hydrogen-bond donors (Lipinski definition) is 2. The Morgan fingerprint density at radius 1 is 1.35 bits per heavy atom. The molecule has 2 N–H and O–H groups in total. The van der Waals surface area contributed by atoms with E-state index in [1.54, 1.807) is 20.2 Å². The molecule has 1 aromatic carbocycles. The van der Waals surface area contributed by atoms with Crippen LogP contribution in [0.25, 0.3) is 0 Å². The zero-order chi connectivity index (χ0) is 18.7. The van der Waals surface area contributed by atoms with E-state index in [4.69, 9.17) is 19.3 Å². The minimum absolute atomic E-state index is 0.221. The molecule has 3 rings (SSSR count). The number of methoxy groups -OCH3 is 1. The second-order valence-electron chi connectivity index (χ2n) is 6.17. The molecule has 1 aromatic heterocycles. The summed E-state index contributed by atoms with van der Waals surface area (Å²) in [5.74, 6) is 1.00. The van der Waals surface area contributed by atoms with Crippen LogP contribution in [0, 0.1) is 6.92 Å². The SMILES string of the molecule is COc1ccc(COc2nc(=O)n([C@H]3C[C@H](O)[C@@H](CO)O3)cc2C)cc1. The van der Waals surface area contributed by atoms with Crippen LogP contribution in [0.3, 0.4) is 0 Å². The molecule has 0 saturated carbocycles. The van der Waals surface area contributed by atoms with Gasteiger partial charge in [-0.2, -0.15) is 4.98 Å². The van der Waals surface area contributed by atoms with E-state index in [1.165, 1.54) is 4.57 Å². The topological polar surface area (TPSA) is 103 Å². The summed E-state index contributed by atoms with van der Waals surface area (Å²) in [7, 11) is 1.60. The predicted octanol–water partition coefficient (Wildman–Crippen LogP) is 0.780. The number of nitrogens with zero attached hydrogens (tertiary/aromatic N) is 2. The molecule has 1 aliphatic heterocycles. The molecule has 26 heavy (non-hydrogen) atoms. The van der Waals surface area contributed by atoms with E-state index in [-0.39, 0.29) is 25.5 Å². The zero-order valence-corrected chi connectivity index (χ0v) is 14.7. The first kappa shape index (κ1) is 18.4. The van der Waals surface area contributed by atoms with Gasteiger partial charge in [-0.15, -0.1) is 0 Å². The fourth-order valence-electron chi connectivity index (χ4n) is 2.83. The van der Waals surface area contributed by atoms with Crippen molar-refractivity contribution in [1.29, 1.82) is 0 Å². The van der Waals surface area contributed by atoms with Gasteiger partial charge >= 0.3 is 5.69 Å². The molecule has 1 fully saturated rings. The Morgan fingerprint density at radius 2 is 2.08 bits per heavy atom. The number of aliphatic hydroxyl groups is 2. The van der Waals surface area contributed by atoms with Crippen molar-refractivity contribution in [3.05, 3.63) is 52.1 Å². The molecule has 0 unspecified atom stereocenters. The van der Waals surface area contributed by atoms with E-state index < -0.39 is 24.1 Å². The smallest absolute Gasteiger partial charge is 0.352 e. The standard InChI is InChI=1S/C18H22N2O6/c1-11-8-20(16-7-14(22)15(9-21)26-16)18(23)19-17(11)25-10-12-3-5-13(24-2)6-4-12/h3-6,8,14-16,21-22H,7,9-10H2,1-2H3/t14-,15+,16+/m0/s1. The van der Waals surface area contributed by atoms with Crippen molar-refractivity contribution in [3.8, 4) is 11.6 Å². The molecule has 0 spiro atoms. The monoisotopic (exact) mass is 362 g/mol. The maximum Gasteiger partial charge on any atom is 0.352 e. The van der Waals surface area contributed by atoms with Crippen molar-refractivity contribution < 1.29 is 24.4 Å². The van der Waals surface area contributed by atoms with Crippen LogP contribution in [0.2, 0.25) is 0 Å². The van der Waals surface area contributed by atoms with Crippen LogP contribution in [-0.4, -0.2) is 45.7 Å². The van der Waals surface area contributed by atoms with E-state index in [2.05, 4.69) is 4.98 Å². The lowest BCUT2D eigenvalue weighted by Gasteiger charge is -2.16. The van der Waals surface area contributed by atoms with E-state index in [9.17, 15) is 9.90 Å². The molecule has 0 amide bonds. The normalized spacial score (nSPS) is 22.4. The van der Waals surface area contributed by atoms with E-state index in [0.29, 0.717) is 5.56 Å². The quantitative estimate of drug-likeness (QED) is 0.783. The third-order valence-electron chi connectivity index (χ3n) is 4.32. The lowest BCUT2D eigenvalue weighted by molar-refractivity contribution is -0.0460. The summed E-state index contributed by atoms with van der Waals surface area (Å²) in [6, 6.07) is 7.41. The molecule has 2 heterocycles. The zero-order valence-electron chi connectivity index (χ0n) is 14.7. The van der Waals surface area contributed by atoms with Crippen LogP contribution in [0.5, 0.6) is 11.6 Å². The van der Waals surface area contributed by atoms with Crippen LogP contribution in [0.15, 0.2) is 35.3 Å². The van der Waals surface area contributed by atoms with Gasteiger partial charge < -0.3 is 24.4 Å². The Morgan fingerprint density at radius 3 is 2.69 bits per heavy atom. The van der Waals surface area contributed by atoms with E-state index >= 15 is 0 Å². The summed E-state index contributed by atoms with van der Waals surface area (Å²) in [6.45, 7) is 1.75. The number of ether oxygens (including phenoxy) is 3. The van der Waals surface area contributed by atoms with Gasteiger partial charge in [0.25, 0.3) is 0 Å². The summed E-state index contributed by atoms with van der Waals surface area (Å²) >= 11 is 0. The van der Waals surface area contributed by atoms with Gasteiger partial charge in [0.15, 0.2) is 0 Å². The fourth-order valence-corrected chi connectivity index (χ4v) is 2.83. The molecule has 1 aliphatic rings. The van der Waals surface area contributed by atoms with Gasteiger partial charge in [0.2, 0.25) is 5.88 Å². The number of aryl methyl sites for hydroxylation is 1. The van der Waals surface area contributed by atoms with Gasteiger partial charge in [-0.05, 0) is 24.6 Å². The molecule has 2 aromatic rings. The average Bonchev–Trinajstić information content (AvgIpc) is 3.03. The number of rotatable bonds is 6. The predicted molar refractivity (Wildman–Crippen MR) is 92.2 cm³/mol. The Kier molecular flexibility index (Phi) is 5.55. The Bertz CT molecular complexity index is 804. The van der Waals surface area contributed by atoms with Crippen LogP contribution >= 0.6 is 0 Å². The van der Waals surface area contributed by atoms with Crippen molar-refractivity contribution in [3.63, 3.8) is 0 Å². The molecule has 1 saturated heterocycles. The van der Waals surface area contributed by atoms with Crippen molar-refractivity contribution in [2.75, 3.05) is 13.7 Å². The minimum atomic E-state index is -0.816. The Hall–Kier alpha value is -2.42. The van der Waals surface area contributed by atoms with Crippen molar-refractivity contribution in [2.24, 2.45) is 0 Å². The molecular formula is C18H22N2O6. The summed E-state index contributed by atoms with van der Waals surface area (Å²) in [4.78, 5) is 16.3. The number of benzene rings is 1. The Balaban J connectivity index is 1.72. The second kappa shape index (κ2) is 7.86. The lowest BCUT2D eigenvalue weighted by atomic mass is 10.2. The molecule has 0 radical (unpaired) electrons.